The minimum Gasteiger partial charge on any atom is -0.340 e. The van der Waals surface area contributed by atoms with Gasteiger partial charge in [-0.1, -0.05) is 17.7 Å². The van der Waals surface area contributed by atoms with Crippen molar-refractivity contribution in [2.24, 2.45) is 4.99 Å². The number of rotatable bonds is 5. The van der Waals surface area contributed by atoms with Crippen LogP contribution >= 0.6 is 22.9 Å². The zero-order valence-corrected chi connectivity index (χ0v) is 17.9. The number of hydrazine groups is 1. The van der Waals surface area contributed by atoms with Crippen molar-refractivity contribution in [2.45, 2.75) is 12.1 Å². The minimum atomic E-state index is -0.369. The van der Waals surface area contributed by atoms with E-state index in [0.29, 0.717) is 17.4 Å². The third-order valence-corrected chi connectivity index (χ3v) is 5.82. The second kappa shape index (κ2) is 8.23. The van der Waals surface area contributed by atoms with E-state index < -0.39 is 0 Å². The molecule has 1 aromatic carbocycles. The van der Waals surface area contributed by atoms with Gasteiger partial charge in [0.15, 0.2) is 10.8 Å². The molecule has 2 atom stereocenters. The van der Waals surface area contributed by atoms with Gasteiger partial charge < -0.3 is 15.2 Å². The van der Waals surface area contributed by atoms with Crippen molar-refractivity contribution in [3.8, 4) is 0 Å². The molecule has 4 rings (SSSR count). The van der Waals surface area contributed by atoms with Crippen molar-refractivity contribution >= 4 is 28.8 Å². The van der Waals surface area contributed by atoms with Crippen LogP contribution in [0.4, 0.5) is 4.39 Å². The van der Waals surface area contributed by atoms with Crippen LogP contribution in [-0.2, 0) is 0 Å². The number of aliphatic imine (C=N–C) groups is 1. The van der Waals surface area contributed by atoms with Crippen LogP contribution in [0.3, 0.4) is 0 Å². The van der Waals surface area contributed by atoms with Gasteiger partial charge in [0, 0.05) is 47.7 Å². The molecule has 0 amide bonds. The van der Waals surface area contributed by atoms with E-state index in [4.69, 9.17) is 16.6 Å². The lowest BCUT2D eigenvalue weighted by molar-refractivity contribution is 0.337. The number of halogens is 2. The Bertz CT molecular complexity index is 985. The molecule has 0 aliphatic carbocycles. The van der Waals surface area contributed by atoms with E-state index in [2.05, 4.69) is 26.7 Å². The molecule has 0 bridgehead atoms. The Labute approximate surface area is 178 Å². The van der Waals surface area contributed by atoms with Crippen LogP contribution in [0.2, 0.25) is 5.02 Å². The summed E-state index contributed by atoms with van der Waals surface area (Å²) >= 11 is 7.98. The summed E-state index contributed by atoms with van der Waals surface area (Å²) in [6.07, 6.45) is 5.82. The van der Waals surface area contributed by atoms with Crippen LogP contribution in [0.5, 0.6) is 0 Å². The van der Waals surface area contributed by atoms with Crippen molar-refractivity contribution in [3.05, 3.63) is 74.7 Å². The van der Waals surface area contributed by atoms with Gasteiger partial charge in [-0.15, -0.1) is 11.3 Å². The van der Waals surface area contributed by atoms with Crippen LogP contribution in [-0.4, -0.2) is 54.5 Å². The van der Waals surface area contributed by atoms with Crippen molar-refractivity contribution in [1.82, 2.24) is 25.6 Å². The van der Waals surface area contributed by atoms with Gasteiger partial charge in [0.2, 0.25) is 0 Å². The molecule has 2 aliphatic rings. The lowest BCUT2D eigenvalue weighted by Gasteiger charge is -2.33. The molecule has 6 nitrogen and oxygen atoms in total. The number of thiazole rings is 1. The Morgan fingerprint density at radius 1 is 1.34 bits per heavy atom. The van der Waals surface area contributed by atoms with Crippen LogP contribution < -0.4 is 10.7 Å². The zero-order valence-electron chi connectivity index (χ0n) is 16.4. The van der Waals surface area contributed by atoms with Gasteiger partial charge in [-0.2, -0.15) is 0 Å². The average Bonchev–Trinajstić information content (AvgIpc) is 3.32. The summed E-state index contributed by atoms with van der Waals surface area (Å²) in [4.78, 5) is 11.5. The highest BCUT2D eigenvalue weighted by Gasteiger charge is 2.34. The molecule has 2 aliphatic heterocycles. The molecule has 0 saturated carbocycles. The zero-order chi connectivity index (χ0) is 20.5. The number of benzene rings is 1. The molecule has 2 aromatic rings. The minimum absolute atomic E-state index is 0.0600. The number of hydrogen-bond donors (Lipinski definition) is 2. The van der Waals surface area contributed by atoms with E-state index in [1.165, 1.54) is 23.5 Å². The monoisotopic (exact) mass is 432 g/mol. The molecule has 0 spiro atoms. The summed E-state index contributed by atoms with van der Waals surface area (Å²) in [7, 11) is 5.99. The highest BCUT2D eigenvalue weighted by molar-refractivity contribution is 7.11. The summed E-state index contributed by atoms with van der Waals surface area (Å²) in [6, 6.07) is 4.05. The third-order valence-electron chi connectivity index (χ3n) is 4.72. The standard InChI is InChI=1S/C20H22ClFN6S/c1-27(2)11-16-17(15-6-8-28(3)26-15)18(13-5-4-12(22)10-14(13)21)25-19(24-16)20-23-7-9-29-20/h4-10,15,18,26H,11H2,1-3H3,(H,24,25). The second-order valence-electron chi connectivity index (χ2n) is 7.24. The van der Waals surface area contributed by atoms with Crippen molar-refractivity contribution in [3.63, 3.8) is 0 Å². The molecule has 0 radical (unpaired) electrons. The molecule has 152 valence electrons. The predicted molar refractivity (Wildman–Crippen MR) is 115 cm³/mol. The first-order chi connectivity index (χ1) is 13.9. The van der Waals surface area contributed by atoms with Crippen LogP contribution in [0, 0.1) is 5.82 Å². The number of likely N-dealkylation sites (N-methyl/N-ethyl adjacent to an activating group) is 1. The smallest absolute Gasteiger partial charge is 0.163 e. The number of aromatic nitrogens is 1. The van der Waals surface area contributed by atoms with E-state index in [0.717, 1.165) is 21.8 Å². The highest BCUT2D eigenvalue weighted by Crippen LogP contribution is 2.38. The van der Waals surface area contributed by atoms with Crippen LogP contribution in [0.15, 0.2) is 58.3 Å². The quantitative estimate of drug-likeness (QED) is 0.760. The normalized spacial score (nSPS) is 21.7. The third kappa shape index (κ3) is 4.20. The largest absolute Gasteiger partial charge is 0.340 e. The molecular weight excluding hydrogens is 411 g/mol. The fourth-order valence-electron chi connectivity index (χ4n) is 3.52. The summed E-state index contributed by atoms with van der Waals surface area (Å²) in [5.41, 5.74) is 6.25. The summed E-state index contributed by atoms with van der Waals surface area (Å²) in [6.45, 7) is 0.685. The molecule has 1 aromatic heterocycles. The van der Waals surface area contributed by atoms with Gasteiger partial charge in [0.25, 0.3) is 0 Å². The number of hydrogen-bond acceptors (Lipinski definition) is 7. The van der Waals surface area contributed by atoms with E-state index >= 15 is 0 Å². The summed E-state index contributed by atoms with van der Waals surface area (Å²) in [5.74, 6) is 0.329. The maximum absolute atomic E-state index is 13.7. The fourth-order valence-corrected chi connectivity index (χ4v) is 4.38. The first-order valence-corrected chi connectivity index (χ1v) is 10.4. The van der Waals surface area contributed by atoms with Gasteiger partial charge in [-0.3, -0.25) is 4.99 Å². The Balaban J connectivity index is 1.86. The molecule has 0 saturated heterocycles. The van der Waals surface area contributed by atoms with Gasteiger partial charge in [-0.25, -0.2) is 14.8 Å². The van der Waals surface area contributed by atoms with E-state index in [1.54, 1.807) is 12.3 Å². The Morgan fingerprint density at radius 3 is 2.79 bits per heavy atom. The maximum atomic E-state index is 13.7. The first-order valence-electron chi connectivity index (χ1n) is 9.17. The Morgan fingerprint density at radius 2 is 2.17 bits per heavy atom. The van der Waals surface area contributed by atoms with E-state index in [-0.39, 0.29) is 17.9 Å². The predicted octanol–water partition coefficient (Wildman–Crippen LogP) is 3.17. The molecule has 3 heterocycles. The van der Waals surface area contributed by atoms with Crippen LogP contribution in [0.25, 0.3) is 0 Å². The summed E-state index contributed by atoms with van der Waals surface area (Å²) in [5, 5.41) is 8.47. The first kappa shape index (κ1) is 20.0. The lowest BCUT2D eigenvalue weighted by Crippen LogP contribution is -2.42. The summed E-state index contributed by atoms with van der Waals surface area (Å²) < 4.78 is 13.7. The van der Waals surface area contributed by atoms with Crippen molar-refractivity contribution in [1.29, 1.82) is 0 Å². The number of nitrogens with one attached hydrogen (secondary N) is 2. The number of nitrogens with zero attached hydrogens (tertiary/aromatic N) is 4. The SMILES string of the molecule is CN(C)CC1=C(C2C=CN(C)N2)C(c2ccc(F)cc2Cl)N=C(c2nccs2)N1. The lowest BCUT2D eigenvalue weighted by atomic mass is 9.90. The van der Waals surface area contributed by atoms with Crippen molar-refractivity contribution in [2.75, 3.05) is 27.7 Å². The van der Waals surface area contributed by atoms with Crippen LogP contribution in [0.1, 0.15) is 16.6 Å². The van der Waals surface area contributed by atoms with Crippen molar-refractivity contribution < 1.29 is 4.39 Å². The fraction of sp³-hybridized carbons (Fsp3) is 0.300. The molecule has 29 heavy (non-hydrogen) atoms. The second-order valence-corrected chi connectivity index (χ2v) is 8.54. The molecule has 2 N–H and O–H groups in total. The van der Waals surface area contributed by atoms with Gasteiger partial charge >= 0.3 is 0 Å². The van der Waals surface area contributed by atoms with Gasteiger partial charge in [-0.05, 0) is 37.9 Å². The molecule has 9 heteroatoms. The van der Waals surface area contributed by atoms with Gasteiger partial charge in [0.1, 0.15) is 11.9 Å². The Hall–Kier alpha value is -2.26. The molecule has 2 unspecified atom stereocenters. The van der Waals surface area contributed by atoms with E-state index in [1.807, 2.05) is 37.7 Å². The van der Waals surface area contributed by atoms with E-state index in [9.17, 15) is 4.39 Å². The van der Waals surface area contributed by atoms with Gasteiger partial charge in [0.05, 0.1) is 6.04 Å². The average molecular weight is 433 g/mol. The molecule has 0 fully saturated rings. The Kier molecular flexibility index (Phi) is 5.69. The molecular formula is C20H22ClFN6S. The maximum Gasteiger partial charge on any atom is 0.163 e. The topological polar surface area (TPSA) is 55.8 Å². The highest BCUT2D eigenvalue weighted by atomic mass is 35.5. The number of amidine groups is 1.